The number of nitrogens with two attached hydrogens (primary N) is 1. The molecule has 2 N–H and O–H groups in total. The number of aryl methyl sites for hydroxylation is 1. The number of hydrogen-bond donors (Lipinski definition) is 1. The zero-order chi connectivity index (χ0) is 11.7. The first-order valence-electron chi connectivity index (χ1n) is 4.83. The fraction of sp³-hybridized carbons (Fsp3) is 0.167. The molecule has 2 rings (SSSR count). The molecule has 84 valence electrons. The van der Waals surface area contributed by atoms with Crippen LogP contribution >= 0.6 is 43.2 Å². The minimum Gasteiger partial charge on any atom is -0.320 e. The molecule has 16 heavy (non-hydrogen) atoms. The highest BCUT2D eigenvalue weighted by Gasteiger charge is 2.15. The summed E-state index contributed by atoms with van der Waals surface area (Å²) in [6, 6.07) is 6.17. The van der Waals surface area contributed by atoms with Gasteiger partial charge in [0.25, 0.3) is 0 Å². The van der Waals surface area contributed by atoms with Crippen LogP contribution < -0.4 is 5.73 Å². The molecular weight excluding hydrogens is 350 g/mol. The predicted octanol–water partition coefficient (Wildman–Crippen LogP) is 4.63. The fourth-order valence-corrected chi connectivity index (χ4v) is 3.89. The van der Waals surface area contributed by atoms with Crippen LogP contribution in [-0.2, 0) is 0 Å². The van der Waals surface area contributed by atoms with Crippen molar-refractivity contribution in [2.45, 2.75) is 13.0 Å². The molecule has 0 saturated carbocycles. The second-order valence-corrected chi connectivity index (χ2v) is 6.13. The van der Waals surface area contributed by atoms with Crippen molar-refractivity contribution < 1.29 is 0 Å². The van der Waals surface area contributed by atoms with E-state index in [1.165, 1.54) is 5.56 Å². The summed E-state index contributed by atoms with van der Waals surface area (Å²) in [5.41, 5.74) is 9.74. The highest BCUT2D eigenvalue weighted by Crippen LogP contribution is 2.33. The van der Waals surface area contributed by atoms with Crippen LogP contribution in [0.2, 0.25) is 0 Å². The normalized spacial score (nSPS) is 12.8. The van der Waals surface area contributed by atoms with E-state index in [1.807, 2.05) is 0 Å². The Morgan fingerprint density at radius 2 is 1.88 bits per heavy atom. The Bertz CT molecular complexity index is 507. The van der Waals surface area contributed by atoms with Gasteiger partial charge in [0.05, 0.1) is 6.04 Å². The number of rotatable bonds is 2. The van der Waals surface area contributed by atoms with Crippen molar-refractivity contribution in [2.24, 2.45) is 5.73 Å². The Morgan fingerprint density at radius 1 is 1.12 bits per heavy atom. The Kier molecular flexibility index (Phi) is 3.85. The van der Waals surface area contributed by atoms with Gasteiger partial charge >= 0.3 is 0 Å². The van der Waals surface area contributed by atoms with Gasteiger partial charge in [-0.3, -0.25) is 0 Å². The van der Waals surface area contributed by atoms with Crippen molar-refractivity contribution >= 4 is 43.2 Å². The van der Waals surface area contributed by atoms with Crippen molar-refractivity contribution in [1.82, 2.24) is 0 Å². The van der Waals surface area contributed by atoms with E-state index in [9.17, 15) is 0 Å². The smallest absolute Gasteiger partial charge is 0.0582 e. The van der Waals surface area contributed by atoms with E-state index in [4.69, 9.17) is 5.73 Å². The first-order valence-corrected chi connectivity index (χ1v) is 7.35. The third-order valence-electron chi connectivity index (χ3n) is 2.47. The largest absolute Gasteiger partial charge is 0.320 e. The van der Waals surface area contributed by atoms with E-state index in [0.717, 1.165) is 20.1 Å². The van der Waals surface area contributed by atoms with Gasteiger partial charge in [-0.1, -0.05) is 28.1 Å². The Labute approximate surface area is 116 Å². The van der Waals surface area contributed by atoms with Crippen LogP contribution in [0.5, 0.6) is 0 Å². The summed E-state index contributed by atoms with van der Waals surface area (Å²) in [5.74, 6) is 0. The maximum absolute atomic E-state index is 6.26. The quantitative estimate of drug-likeness (QED) is 0.830. The number of halogens is 2. The molecule has 0 spiro atoms. The average Bonchev–Trinajstić information content (AvgIpc) is 2.63. The maximum atomic E-state index is 6.26. The van der Waals surface area contributed by atoms with Crippen LogP contribution in [0.15, 0.2) is 37.9 Å². The van der Waals surface area contributed by atoms with Gasteiger partial charge in [0.15, 0.2) is 0 Å². The summed E-state index contributed by atoms with van der Waals surface area (Å²) >= 11 is 8.74. The summed E-state index contributed by atoms with van der Waals surface area (Å²) in [4.78, 5) is 0. The van der Waals surface area contributed by atoms with E-state index in [-0.39, 0.29) is 6.04 Å². The molecule has 0 aliphatic rings. The summed E-state index contributed by atoms with van der Waals surface area (Å²) in [6.45, 7) is 2.07. The zero-order valence-corrected chi connectivity index (χ0v) is 12.7. The molecule has 0 bridgehead atoms. The van der Waals surface area contributed by atoms with Gasteiger partial charge in [0, 0.05) is 14.3 Å². The molecule has 0 amide bonds. The highest BCUT2D eigenvalue weighted by molar-refractivity contribution is 9.10. The lowest BCUT2D eigenvalue weighted by atomic mass is 10.0. The molecule has 1 heterocycles. The van der Waals surface area contributed by atoms with E-state index >= 15 is 0 Å². The van der Waals surface area contributed by atoms with Crippen molar-refractivity contribution in [3.05, 3.63) is 54.6 Å². The molecular formula is C12H11Br2NS. The summed E-state index contributed by atoms with van der Waals surface area (Å²) < 4.78 is 2.15. The molecule has 0 aliphatic carbocycles. The molecule has 2 aromatic rings. The van der Waals surface area contributed by atoms with Gasteiger partial charge in [-0.05, 0) is 51.0 Å². The Morgan fingerprint density at radius 3 is 2.44 bits per heavy atom. The minimum atomic E-state index is -0.0874. The summed E-state index contributed by atoms with van der Waals surface area (Å²) in [6.07, 6.45) is 0. The van der Waals surface area contributed by atoms with Gasteiger partial charge in [-0.15, -0.1) is 0 Å². The number of benzene rings is 1. The summed E-state index contributed by atoms with van der Waals surface area (Å²) in [5, 5.41) is 4.14. The Balaban J connectivity index is 2.41. The molecule has 1 atom stereocenters. The minimum absolute atomic E-state index is 0.0874. The zero-order valence-electron chi connectivity index (χ0n) is 8.71. The Hall–Kier alpha value is -0.160. The van der Waals surface area contributed by atoms with E-state index in [1.54, 1.807) is 11.3 Å². The second-order valence-electron chi connectivity index (χ2n) is 3.68. The van der Waals surface area contributed by atoms with Crippen molar-refractivity contribution in [3.63, 3.8) is 0 Å². The molecule has 4 heteroatoms. The lowest BCUT2D eigenvalue weighted by Crippen LogP contribution is -2.12. The topological polar surface area (TPSA) is 26.0 Å². The van der Waals surface area contributed by atoms with Crippen LogP contribution in [0, 0.1) is 6.92 Å². The molecule has 0 radical (unpaired) electrons. The van der Waals surface area contributed by atoms with Crippen LogP contribution in [0.25, 0.3) is 0 Å². The van der Waals surface area contributed by atoms with Crippen LogP contribution in [0.1, 0.15) is 22.7 Å². The first kappa shape index (κ1) is 12.3. The van der Waals surface area contributed by atoms with Gasteiger partial charge in [0.1, 0.15) is 0 Å². The van der Waals surface area contributed by atoms with Crippen molar-refractivity contribution in [2.75, 3.05) is 0 Å². The third kappa shape index (κ3) is 2.40. The monoisotopic (exact) mass is 359 g/mol. The highest BCUT2D eigenvalue weighted by atomic mass is 79.9. The first-order chi connectivity index (χ1) is 7.59. The van der Waals surface area contributed by atoms with Gasteiger partial charge in [-0.25, -0.2) is 0 Å². The van der Waals surface area contributed by atoms with Crippen LogP contribution in [0.3, 0.4) is 0 Å². The molecule has 0 aliphatic heterocycles. The predicted molar refractivity (Wildman–Crippen MR) is 76.9 cm³/mol. The van der Waals surface area contributed by atoms with Gasteiger partial charge in [0.2, 0.25) is 0 Å². The lowest BCUT2D eigenvalue weighted by Gasteiger charge is -2.14. The molecule has 1 aromatic carbocycles. The van der Waals surface area contributed by atoms with Crippen LogP contribution in [0.4, 0.5) is 0 Å². The summed E-state index contributed by atoms with van der Waals surface area (Å²) in [7, 11) is 0. The maximum Gasteiger partial charge on any atom is 0.0582 e. The van der Waals surface area contributed by atoms with E-state index in [2.05, 4.69) is 67.7 Å². The molecule has 0 fully saturated rings. The number of thiophene rings is 1. The third-order valence-corrected chi connectivity index (χ3v) is 4.91. The van der Waals surface area contributed by atoms with Crippen molar-refractivity contribution in [1.29, 1.82) is 0 Å². The van der Waals surface area contributed by atoms with Crippen molar-refractivity contribution in [3.8, 4) is 0 Å². The molecule has 1 aromatic heterocycles. The fourth-order valence-electron chi connectivity index (χ4n) is 1.57. The molecule has 1 nitrogen and oxygen atoms in total. The SMILES string of the molecule is Cc1ccc(C(N)c2cscc2Br)c(Br)c1. The van der Waals surface area contributed by atoms with E-state index < -0.39 is 0 Å². The van der Waals surface area contributed by atoms with Gasteiger partial charge < -0.3 is 5.73 Å². The van der Waals surface area contributed by atoms with Crippen LogP contribution in [-0.4, -0.2) is 0 Å². The number of hydrogen-bond acceptors (Lipinski definition) is 2. The van der Waals surface area contributed by atoms with E-state index in [0.29, 0.717) is 0 Å². The lowest BCUT2D eigenvalue weighted by molar-refractivity contribution is 0.865. The second kappa shape index (κ2) is 5.00. The molecule has 1 unspecified atom stereocenters. The standard InChI is InChI=1S/C12H11Br2NS/c1-7-2-3-8(10(13)4-7)12(15)9-5-16-6-11(9)14/h2-6,12H,15H2,1H3. The average molecular weight is 361 g/mol. The molecule has 0 saturated heterocycles. The van der Waals surface area contributed by atoms with Gasteiger partial charge in [-0.2, -0.15) is 11.3 Å².